The van der Waals surface area contributed by atoms with E-state index in [-0.39, 0.29) is 0 Å². The molecule has 1 aromatic heterocycles. The summed E-state index contributed by atoms with van der Waals surface area (Å²) in [5, 5.41) is 4.18. The van der Waals surface area contributed by atoms with Gasteiger partial charge in [-0.2, -0.15) is 5.10 Å². The molecule has 4 heteroatoms. The molecule has 3 nitrogen and oxygen atoms in total. The highest BCUT2D eigenvalue weighted by atomic mass is 32.2. The molecule has 2 rings (SSSR count). The Hall–Kier alpha value is -1.26. The van der Waals surface area contributed by atoms with Gasteiger partial charge in [0.2, 0.25) is 0 Å². The Labute approximate surface area is 113 Å². The van der Waals surface area contributed by atoms with Crippen LogP contribution in [0.5, 0.6) is 0 Å². The fraction of sp³-hybridized carbons (Fsp3) is 0.357. The number of hydrogen-bond donors (Lipinski definition) is 0. The van der Waals surface area contributed by atoms with Gasteiger partial charge in [-0.25, -0.2) is 0 Å². The molecule has 18 heavy (non-hydrogen) atoms. The molecule has 0 unspecified atom stereocenters. The van der Waals surface area contributed by atoms with Gasteiger partial charge >= 0.3 is 0 Å². The second kappa shape index (κ2) is 6.61. The summed E-state index contributed by atoms with van der Waals surface area (Å²) in [4.78, 5) is 3.67. The lowest BCUT2D eigenvalue weighted by molar-refractivity contribution is 0.348. The molecule has 96 valence electrons. The molecular weight excluding hydrogens is 242 g/mol. The number of hydrogen-bond acceptors (Lipinski definition) is 3. The standard InChI is InChI=1S/C14H19N3S/c1-16(11-13-10-15-17(2)12-13)8-9-18-14-6-4-3-5-7-14/h3-7,10,12H,8-9,11H2,1-2H3. The number of thioether (sulfide) groups is 1. The Balaban J connectivity index is 1.70. The van der Waals surface area contributed by atoms with Crippen LogP contribution in [0.15, 0.2) is 47.6 Å². The van der Waals surface area contributed by atoms with Gasteiger partial charge in [0.1, 0.15) is 0 Å². The Bertz CT molecular complexity index is 467. The van der Waals surface area contributed by atoms with Crippen LogP contribution in [0, 0.1) is 0 Å². The smallest absolute Gasteiger partial charge is 0.0534 e. The fourth-order valence-electron chi connectivity index (χ4n) is 1.78. The zero-order chi connectivity index (χ0) is 12.8. The lowest BCUT2D eigenvalue weighted by atomic mass is 10.3. The van der Waals surface area contributed by atoms with Gasteiger partial charge in [-0.1, -0.05) is 18.2 Å². The maximum Gasteiger partial charge on any atom is 0.0534 e. The maximum absolute atomic E-state index is 4.18. The average molecular weight is 261 g/mol. The molecule has 0 amide bonds. The van der Waals surface area contributed by atoms with Crippen LogP contribution in [0.25, 0.3) is 0 Å². The molecular formula is C14H19N3S. The van der Waals surface area contributed by atoms with Gasteiger partial charge in [-0.3, -0.25) is 4.68 Å². The third-order valence-corrected chi connectivity index (χ3v) is 3.69. The van der Waals surface area contributed by atoms with Crippen LogP contribution in [0.2, 0.25) is 0 Å². The van der Waals surface area contributed by atoms with Crippen molar-refractivity contribution in [3.05, 3.63) is 48.3 Å². The molecule has 0 spiro atoms. The number of rotatable bonds is 6. The normalized spacial score (nSPS) is 11.1. The topological polar surface area (TPSA) is 21.1 Å². The lowest BCUT2D eigenvalue weighted by Gasteiger charge is -2.14. The summed E-state index contributed by atoms with van der Waals surface area (Å²) >= 11 is 1.90. The zero-order valence-electron chi connectivity index (χ0n) is 10.9. The number of aromatic nitrogens is 2. The van der Waals surface area contributed by atoms with E-state index in [2.05, 4.69) is 53.6 Å². The first-order chi connectivity index (χ1) is 8.74. The first-order valence-corrected chi connectivity index (χ1v) is 7.06. The highest BCUT2D eigenvalue weighted by Gasteiger charge is 2.02. The summed E-state index contributed by atoms with van der Waals surface area (Å²) in [6.45, 7) is 2.04. The Morgan fingerprint density at radius 3 is 2.72 bits per heavy atom. The minimum Gasteiger partial charge on any atom is -0.301 e. The van der Waals surface area contributed by atoms with Crippen LogP contribution in [-0.4, -0.2) is 34.0 Å². The summed E-state index contributed by atoms with van der Waals surface area (Å²) in [5.41, 5.74) is 1.27. The summed E-state index contributed by atoms with van der Waals surface area (Å²) in [5.74, 6) is 1.11. The monoisotopic (exact) mass is 261 g/mol. The van der Waals surface area contributed by atoms with E-state index in [0.717, 1.165) is 18.8 Å². The molecule has 1 aromatic carbocycles. The van der Waals surface area contributed by atoms with Crippen molar-refractivity contribution >= 4 is 11.8 Å². The van der Waals surface area contributed by atoms with Gasteiger partial charge in [0.25, 0.3) is 0 Å². The van der Waals surface area contributed by atoms with Crippen molar-refractivity contribution < 1.29 is 0 Å². The molecule has 0 fully saturated rings. The minimum absolute atomic E-state index is 0.961. The third kappa shape index (κ3) is 4.20. The number of aryl methyl sites for hydroxylation is 1. The molecule has 0 aliphatic rings. The van der Waals surface area contributed by atoms with Crippen LogP contribution < -0.4 is 0 Å². The van der Waals surface area contributed by atoms with Gasteiger partial charge in [0.05, 0.1) is 6.20 Å². The summed E-state index contributed by atoms with van der Waals surface area (Å²) < 4.78 is 1.85. The second-order valence-corrected chi connectivity index (χ2v) is 5.59. The molecule has 0 saturated carbocycles. The zero-order valence-corrected chi connectivity index (χ0v) is 11.7. The Morgan fingerprint density at radius 1 is 1.28 bits per heavy atom. The van der Waals surface area contributed by atoms with Crippen molar-refractivity contribution in [2.24, 2.45) is 7.05 Å². The second-order valence-electron chi connectivity index (χ2n) is 4.42. The van der Waals surface area contributed by atoms with Crippen molar-refractivity contribution in [2.45, 2.75) is 11.4 Å². The Morgan fingerprint density at radius 2 is 2.06 bits per heavy atom. The van der Waals surface area contributed by atoms with Gasteiger partial charge in [0, 0.05) is 42.5 Å². The van der Waals surface area contributed by atoms with Gasteiger partial charge in [-0.05, 0) is 19.2 Å². The predicted octanol–water partition coefficient (Wildman–Crippen LogP) is 2.64. The summed E-state index contributed by atoms with van der Waals surface area (Å²) in [6.07, 6.45) is 4.00. The molecule has 2 aromatic rings. The molecule has 0 radical (unpaired) electrons. The molecule has 0 atom stereocenters. The van der Waals surface area contributed by atoms with Gasteiger partial charge in [0.15, 0.2) is 0 Å². The van der Waals surface area contributed by atoms with Crippen LogP contribution in [0.4, 0.5) is 0 Å². The average Bonchev–Trinajstić information content (AvgIpc) is 2.76. The number of nitrogens with zero attached hydrogens (tertiary/aromatic N) is 3. The van der Waals surface area contributed by atoms with E-state index in [1.807, 2.05) is 29.7 Å². The van der Waals surface area contributed by atoms with Gasteiger partial charge in [-0.15, -0.1) is 11.8 Å². The van der Waals surface area contributed by atoms with Crippen LogP contribution in [0.1, 0.15) is 5.56 Å². The van der Waals surface area contributed by atoms with Crippen LogP contribution in [-0.2, 0) is 13.6 Å². The van der Waals surface area contributed by atoms with E-state index < -0.39 is 0 Å². The van der Waals surface area contributed by atoms with Gasteiger partial charge < -0.3 is 4.90 Å². The fourth-order valence-corrected chi connectivity index (χ4v) is 2.77. The molecule has 0 aliphatic heterocycles. The van der Waals surface area contributed by atoms with E-state index in [1.165, 1.54) is 10.5 Å². The predicted molar refractivity (Wildman–Crippen MR) is 76.7 cm³/mol. The first kappa shape index (κ1) is 13.2. The molecule has 0 saturated heterocycles. The third-order valence-electron chi connectivity index (χ3n) is 2.70. The Kier molecular flexibility index (Phi) is 4.84. The highest BCUT2D eigenvalue weighted by Crippen LogP contribution is 2.16. The maximum atomic E-state index is 4.18. The van der Waals surface area contributed by atoms with Crippen molar-refractivity contribution in [3.8, 4) is 0 Å². The molecule has 1 heterocycles. The lowest BCUT2D eigenvalue weighted by Crippen LogP contribution is -2.20. The van der Waals surface area contributed by atoms with Crippen molar-refractivity contribution in [1.29, 1.82) is 0 Å². The van der Waals surface area contributed by atoms with Crippen LogP contribution in [0.3, 0.4) is 0 Å². The minimum atomic E-state index is 0.961. The molecule has 0 bridgehead atoms. The van der Waals surface area contributed by atoms with Crippen molar-refractivity contribution in [1.82, 2.24) is 14.7 Å². The van der Waals surface area contributed by atoms with E-state index in [0.29, 0.717) is 0 Å². The van der Waals surface area contributed by atoms with E-state index in [4.69, 9.17) is 0 Å². The first-order valence-electron chi connectivity index (χ1n) is 6.08. The van der Waals surface area contributed by atoms with Crippen LogP contribution >= 0.6 is 11.8 Å². The quantitative estimate of drug-likeness (QED) is 0.746. The molecule has 0 N–H and O–H groups in total. The van der Waals surface area contributed by atoms with Crippen molar-refractivity contribution in [3.63, 3.8) is 0 Å². The van der Waals surface area contributed by atoms with Crippen molar-refractivity contribution in [2.75, 3.05) is 19.3 Å². The van der Waals surface area contributed by atoms with E-state index in [9.17, 15) is 0 Å². The van der Waals surface area contributed by atoms with E-state index >= 15 is 0 Å². The highest BCUT2D eigenvalue weighted by molar-refractivity contribution is 7.99. The SMILES string of the molecule is CN(CCSc1ccccc1)Cc1cnn(C)c1. The van der Waals surface area contributed by atoms with E-state index in [1.54, 1.807) is 0 Å². The summed E-state index contributed by atoms with van der Waals surface area (Å²) in [6, 6.07) is 10.5. The largest absolute Gasteiger partial charge is 0.301 e. The summed E-state index contributed by atoms with van der Waals surface area (Å²) in [7, 11) is 4.10. The molecule has 0 aliphatic carbocycles. The number of benzene rings is 1.